The number of ether oxygens (including phenoxy) is 1. The van der Waals surface area contributed by atoms with Crippen LogP contribution in [0.1, 0.15) is 32.6 Å². The van der Waals surface area contributed by atoms with E-state index in [-0.39, 0.29) is 16.6 Å². The lowest BCUT2D eigenvalue weighted by Gasteiger charge is -2.08. The number of nitrogens with zero attached hydrogens (tertiary/aromatic N) is 2. The van der Waals surface area contributed by atoms with Crippen molar-refractivity contribution in [2.75, 3.05) is 6.61 Å². The average molecular weight is 331 g/mol. The van der Waals surface area contributed by atoms with Gasteiger partial charge in [-0.2, -0.15) is 4.98 Å². The molecule has 0 fully saturated rings. The molecule has 1 aromatic heterocycles. The van der Waals surface area contributed by atoms with Crippen LogP contribution in [-0.2, 0) is 9.05 Å². The number of hydrogen-bond donors (Lipinski definition) is 0. The standard InChI is InChI=1S/C13H15ClN2O4S/c1-4-19-11-6-5-9(21(14,17)18)7-10(11)12-15-13(8(2)3)20-16-12/h5-8H,4H2,1-3H3. The number of hydrogen-bond acceptors (Lipinski definition) is 6. The Labute approximate surface area is 127 Å². The summed E-state index contributed by atoms with van der Waals surface area (Å²) < 4.78 is 33.5. The monoisotopic (exact) mass is 330 g/mol. The highest BCUT2D eigenvalue weighted by Crippen LogP contribution is 2.32. The first kappa shape index (κ1) is 15.8. The molecule has 0 unspecified atom stereocenters. The van der Waals surface area contributed by atoms with Crippen LogP contribution in [0, 0.1) is 0 Å². The Hall–Kier alpha value is -1.60. The molecule has 2 aromatic rings. The zero-order chi connectivity index (χ0) is 15.6. The van der Waals surface area contributed by atoms with Crippen LogP contribution < -0.4 is 4.74 Å². The summed E-state index contributed by atoms with van der Waals surface area (Å²) in [5.41, 5.74) is 0.425. The van der Waals surface area contributed by atoms with E-state index in [1.54, 1.807) is 0 Å². The van der Waals surface area contributed by atoms with Gasteiger partial charge < -0.3 is 9.26 Å². The molecule has 0 atom stereocenters. The molecular weight excluding hydrogens is 316 g/mol. The van der Waals surface area contributed by atoms with Gasteiger partial charge in [-0.1, -0.05) is 19.0 Å². The van der Waals surface area contributed by atoms with Gasteiger partial charge in [-0.05, 0) is 25.1 Å². The van der Waals surface area contributed by atoms with Gasteiger partial charge in [0.2, 0.25) is 11.7 Å². The minimum atomic E-state index is -3.84. The molecule has 2 rings (SSSR count). The first-order valence-corrected chi connectivity index (χ1v) is 8.69. The highest BCUT2D eigenvalue weighted by atomic mass is 35.7. The molecular formula is C13H15ClN2O4S. The fourth-order valence-electron chi connectivity index (χ4n) is 1.70. The van der Waals surface area contributed by atoms with Crippen LogP contribution in [0.15, 0.2) is 27.6 Å². The third-order valence-corrected chi connectivity index (χ3v) is 4.06. The summed E-state index contributed by atoms with van der Waals surface area (Å²) in [4.78, 5) is 4.21. The van der Waals surface area contributed by atoms with Gasteiger partial charge in [0.15, 0.2) is 0 Å². The summed E-state index contributed by atoms with van der Waals surface area (Å²) in [7, 11) is 1.53. The first-order valence-electron chi connectivity index (χ1n) is 6.38. The molecule has 0 N–H and O–H groups in total. The summed E-state index contributed by atoms with van der Waals surface area (Å²) in [5, 5.41) is 3.87. The van der Waals surface area contributed by atoms with Crippen LogP contribution >= 0.6 is 10.7 Å². The lowest BCUT2D eigenvalue weighted by atomic mass is 10.2. The van der Waals surface area contributed by atoms with Gasteiger partial charge in [-0.15, -0.1) is 0 Å². The third-order valence-electron chi connectivity index (χ3n) is 2.71. The molecule has 1 aromatic carbocycles. The first-order chi connectivity index (χ1) is 9.82. The van der Waals surface area contributed by atoms with Gasteiger partial charge in [0.25, 0.3) is 9.05 Å². The van der Waals surface area contributed by atoms with Gasteiger partial charge in [-0.3, -0.25) is 0 Å². The maximum atomic E-state index is 11.5. The second-order valence-corrected chi connectivity index (χ2v) is 7.21. The fraction of sp³-hybridized carbons (Fsp3) is 0.385. The Morgan fingerprint density at radius 3 is 2.62 bits per heavy atom. The van der Waals surface area contributed by atoms with Gasteiger partial charge in [0, 0.05) is 16.6 Å². The molecule has 0 saturated heterocycles. The molecule has 0 amide bonds. The summed E-state index contributed by atoms with van der Waals surface area (Å²) >= 11 is 0. The summed E-state index contributed by atoms with van der Waals surface area (Å²) in [6.45, 7) is 6.08. The van der Waals surface area contributed by atoms with Crippen LogP contribution in [0.25, 0.3) is 11.4 Å². The normalized spacial score (nSPS) is 11.9. The number of rotatable bonds is 5. The molecule has 0 saturated carbocycles. The van der Waals surface area contributed by atoms with Gasteiger partial charge in [0.05, 0.1) is 17.1 Å². The lowest BCUT2D eigenvalue weighted by Crippen LogP contribution is -1.98. The van der Waals surface area contributed by atoms with Crippen molar-refractivity contribution in [1.29, 1.82) is 0 Å². The number of benzene rings is 1. The smallest absolute Gasteiger partial charge is 0.261 e. The van der Waals surface area contributed by atoms with E-state index in [1.807, 2.05) is 20.8 Å². The predicted octanol–water partition coefficient (Wildman–Crippen LogP) is 3.19. The molecule has 6 nitrogen and oxygen atoms in total. The Balaban J connectivity index is 2.57. The summed E-state index contributed by atoms with van der Waals surface area (Å²) in [6.07, 6.45) is 0. The van der Waals surface area contributed by atoms with E-state index in [4.69, 9.17) is 19.9 Å². The molecule has 0 spiro atoms. The maximum Gasteiger partial charge on any atom is 0.261 e. The van der Waals surface area contributed by atoms with Crippen molar-refractivity contribution in [2.24, 2.45) is 0 Å². The predicted molar refractivity (Wildman–Crippen MR) is 78.0 cm³/mol. The van der Waals surface area contributed by atoms with Crippen molar-refractivity contribution < 1.29 is 17.7 Å². The average Bonchev–Trinajstić information content (AvgIpc) is 2.88. The molecule has 0 aliphatic heterocycles. The van der Waals surface area contributed by atoms with Crippen molar-refractivity contribution in [3.63, 3.8) is 0 Å². The molecule has 114 valence electrons. The van der Waals surface area contributed by atoms with E-state index >= 15 is 0 Å². The topological polar surface area (TPSA) is 82.3 Å². The van der Waals surface area contributed by atoms with Crippen molar-refractivity contribution >= 4 is 19.7 Å². The van der Waals surface area contributed by atoms with Crippen molar-refractivity contribution in [2.45, 2.75) is 31.6 Å². The van der Waals surface area contributed by atoms with Gasteiger partial charge >= 0.3 is 0 Å². The third kappa shape index (κ3) is 3.54. The van der Waals surface area contributed by atoms with Gasteiger partial charge in [-0.25, -0.2) is 8.42 Å². The minimum Gasteiger partial charge on any atom is -0.493 e. The molecule has 21 heavy (non-hydrogen) atoms. The fourth-order valence-corrected chi connectivity index (χ4v) is 2.47. The maximum absolute atomic E-state index is 11.5. The van der Waals surface area contributed by atoms with E-state index in [1.165, 1.54) is 18.2 Å². The number of halogens is 1. The Morgan fingerprint density at radius 2 is 2.10 bits per heavy atom. The lowest BCUT2D eigenvalue weighted by molar-refractivity contribution is 0.340. The Morgan fingerprint density at radius 1 is 1.38 bits per heavy atom. The van der Waals surface area contributed by atoms with E-state index in [0.29, 0.717) is 23.8 Å². The molecule has 8 heteroatoms. The SMILES string of the molecule is CCOc1ccc(S(=O)(=O)Cl)cc1-c1noc(C(C)C)n1. The van der Waals surface area contributed by atoms with Gasteiger partial charge in [0.1, 0.15) is 5.75 Å². The van der Waals surface area contributed by atoms with Crippen LogP contribution in [0.5, 0.6) is 5.75 Å². The largest absolute Gasteiger partial charge is 0.493 e. The second kappa shape index (κ2) is 6.03. The Kier molecular flexibility index (Phi) is 4.53. The zero-order valence-electron chi connectivity index (χ0n) is 11.8. The highest BCUT2D eigenvalue weighted by Gasteiger charge is 2.19. The van der Waals surface area contributed by atoms with E-state index < -0.39 is 9.05 Å². The zero-order valence-corrected chi connectivity index (χ0v) is 13.4. The van der Waals surface area contributed by atoms with Crippen LogP contribution in [0.3, 0.4) is 0 Å². The van der Waals surface area contributed by atoms with E-state index in [9.17, 15) is 8.42 Å². The quantitative estimate of drug-likeness (QED) is 0.783. The minimum absolute atomic E-state index is 0.0430. The molecule has 0 aliphatic rings. The summed E-state index contributed by atoms with van der Waals surface area (Å²) in [5.74, 6) is 1.27. The molecule has 1 heterocycles. The van der Waals surface area contributed by atoms with Crippen molar-refractivity contribution in [3.05, 3.63) is 24.1 Å². The van der Waals surface area contributed by atoms with Crippen LogP contribution in [0.4, 0.5) is 0 Å². The van der Waals surface area contributed by atoms with E-state index in [0.717, 1.165) is 0 Å². The molecule has 0 radical (unpaired) electrons. The molecule has 0 aliphatic carbocycles. The van der Waals surface area contributed by atoms with Crippen molar-refractivity contribution in [3.8, 4) is 17.1 Å². The number of aromatic nitrogens is 2. The summed E-state index contributed by atoms with van der Waals surface area (Å²) in [6, 6.07) is 4.28. The van der Waals surface area contributed by atoms with Crippen LogP contribution in [0.2, 0.25) is 0 Å². The second-order valence-electron chi connectivity index (χ2n) is 4.64. The van der Waals surface area contributed by atoms with Crippen molar-refractivity contribution in [1.82, 2.24) is 10.1 Å². The van der Waals surface area contributed by atoms with Crippen LogP contribution in [-0.4, -0.2) is 25.2 Å². The highest BCUT2D eigenvalue weighted by molar-refractivity contribution is 8.13. The van der Waals surface area contributed by atoms with E-state index in [2.05, 4.69) is 10.1 Å². The Bertz CT molecular complexity index is 740. The molecule has 0 bridgehead atoms.